The molecule has 5 nitrogen and oxygen atoms in total. The second-order valence-corrected chi connectivity index (χ2v) is 14.0. The molecule has 0 N–H and O–H groups in total. The molecule has 0 radical (unpaired) electrons. The number of hydrogen-bond acceptors (Lipinski definition) is 4. The molecule has 3 aromatic heterocycles. The Balaban J connectivity index is 1.09. The van der Waals surface area contributed by atoms with Crippen molar-refractivity contribution in [2.24, 2.45) is 0 Å². The molecule has 262 valence electrons. The van der Waals surface area contributed by atoms with E-state index in [9.17, 15) is 0 Å². The second-order valence-electron chi connectivity index (χ2n) is 14.0. The van der Waals surface area contributed by atoms with Crippen LogP contribution < -0.4 is 0 Å². The van der Waals surface area contributed by atoms with Gasteiger partial charge in [-0.05, 0) is 82.6 Å². The first kappa shape index (κ1) is 31.9. The first-order chi connectivity index (χ1) is 27.7. The van der Waals surface area contributed by atoms with E-state index < -0.39 is 0 Å². The number of benzene rings is 8. The maximum absolute atomic E-state index is 6.20. The molecule has 0 aliphatic rings. The van der Waals surface area contributed by atoms with Crippen LogP contribution in [0.2, 0.25) is 0 Å². The zero-order chi connectivity index (χ0) is 37.0. The van der Waals surface area contributed by atoms with Crippen LogP contribution in [0.15, 0.2) is 199 Å². The molecule has 3 heterocycles. The molecule has 0 amide bonds. The molecular weight excluding hydrogens is 685 g/mol. The van der Waals surface area contributed by atoms with Crippen LogP contribution in [-0.2, 0) is 0 Å². The molecule has 0 atom stereocenters. The fourth-order valence-corrected chi connectivity index (χ4v) is 8.00. The van der Waals surface area contributed by atoms with Gasteiger partial charge in [-0.15, -0.1) is 0 Å². The van der Waals surface area contributed by atoms with E-state index in [4.69, 9.17) is 19.4 Å². The van der Waals surface area contributed by atoms with E-state index in [1.165, 1.54) is 0 Å². The first-order valence-electron chi connectivity index (χ1n) is 18.8. The SMILES string of the molecule is c1ccc(-c2cc(-c3ccccc3)nc(-c3ccc(-c4ccc5c6cc(-c7nc8ccccc8o7)ccc6n(-c6ccccc6)c5c4)c4ccccc34)n2)cc1. The largest absolute Gasteiger partial charge is 0.436 e. The highest BCUT2D eigenvalue weighted by atomic mass is 16.3. The normalized spacial score (nSPS) is 11.6. The molecule has 0 bridgehead atoms. The van der Waals surface area contributed by atoms with Gasteiger partial charge in [0.1, 0.15) is 5.52 Å². The number of rotatable bonds is 6. The van der Waals surface area contributed by atoms with Crippen molar-refractivity contribution < 1.29 is 4.42 Å². The summed E-state index contributed by atoms with van der Waals surface area (Å²) in [7, 11) is 0. The minimum atomic E-state index is 0.617. The molecule has 0 unspecified atom stereocenters. The first-order valence-corrected chi connectivity index (χ1v) is 18.8. The van der Waals surface area contributed by atoms with E-state index >= 15 is 0 Å². The van der Waals surface area contributed by atoms with Crippen LogP contribution in [0.1, 0.15) is 0 Å². The zero-order valence-electron chi connectivity index (χ0n) is 30.2. The van der Waals surface area contributed by atoms with Gasteiger partial charge in [-0.3, -0.25) is 0 Å². The summed E-state index contributed by atoms with van der Waals surface area (Å²) in [6.45, 7) is 0. The smallest absolute Gasteiger partial charge is 0.227 e. The molecular formula is C51H32N4O. The number of aromatic nitrogens is 4. The van der Waals surface area contributed by atoms with Crippen molar-refractivity contribution >= 4 is 43.7 Å². The Labute approximate surface area is 322 Å². The number of oxazole rings is 1. The predicted molar refractivity (Wildman–Crippen MR) is 229 cm³/mol. The van der Waals surface area contributed by atoms with Crippen molar-refractivity contribution in [3.05, 3.63) is 194 Å². The van der Waals surface area contributed by atoms with Crippen LogP contribution >= 0.6 is 0 Å². The molecule has 0 fully saturated rings. The van der Waals surface area contributed by atoms with E-state index in [1.54, 1.807) is 0 Å². The van der Waals surface area contributed by atoms with Crippen molar-refractivity contribution in [1.29, 1.82) is 0 Å². The fraction of sp³-hybridized carbons (Fsp3) is 0. The average Bonchev–Trinajstić information content (AvgIpc) is 3.86. The summed E-state index contributed by atoms with van der Waals surface area (Å²) >= 11 is 0. The molecule has 0 aliphatic carbocycles. The summed E-state index contributed by atoms with van der Waals surface area (Å²) in [5.74, 6) is 1.31. The van der Waals surface area contributed by atoms with Crippen LogP contribution in [0.25, 0.3) is 106 Å². The van der Waals surface area contributed by atoms with E-state index in [2.05, 4.69) is 162 Å². The highest BCUT2D eigenvalue weighted by molar-refractivity contribution is 6.12. The number of fused-ring (bicyclic) bond motifs is 5. The minimum Gasteiger partial charge on any atom is -0.436 e. The summed E-state index contributed by atoms with van der Waals surface area (Å²) in [5.41, 5.74) is 13.1. The molecule has 11 rings (SSSR count). The Morgan fingerprint density at radius 3 is 1.70 bits per heavy atom. The summed E-state index contributed by atoms with van der Waals surface area (Å²) in [6, 6.07) is 67.5. The molecule has 0 aliphatic heterocycles. The van der Waals surface area contributed by atoms with E-state index in [0.29, 0.717) is 11.7 Å². The van der Waals surface area contributed by atoms with Gasteiger partial charge in [0.2, 0.25) is 5.89 Å². The number of hydrogen-bond donors (Lipinski definition) is 0. The van der Waals surface area contributed by atoms with Gasteiger partial charge in [0.25, 0.3) is 0 Å². The second kappa shape index (κ2) is 13.0. The van der Waals surface area contributed by atoms with Crippen molar-refractivity contribution in [3.8, 4) is 62.2 Å². The zero-order valence-corrected chi connectivity index (χ0v) is 30.2. The fourth-order valence-electron chi connectivity index (χ4n) is 8.00. The van der Waals surface area contributed by atoms with E-state index in [0.717, 1.165) is 94.1 Å². The third-order valence-electron chi connectivity index (χ3n) is 10.7. The summed E-state index contributed by atoms with van der Waals surface area (Å²) in [6.07, 6.45) is 0. The molecule has 0 saturated heterocycles. The molecule has 0 spiro atoms. The summed E-state index contributed by atoms with van der Waals surface area (Å²) < 4.78 is 8.55. The van der Waals surface area contributed by atoms with Gasteiger partial charge in [-0.2, -0.15) is 0 Å². The number of nitrogens with zero attached hydrogens (tertiary/aromatic N) is 4. The van der Waals surface area contributed by atoms with Gasteiger partial charge in [0, 0.05) is 38.7 Å². The van der Waals surface area contributed by atoms with Gasteiger partial charge in [-0.25, -0.2) is 15.0 Å². The van der Waals surface area contributed by atoms with Crippen LogP contribution in [0.5, 0.6) is 0 Å². The number of para-hydroxylation sites is 3. The van der Waals surface area contributed by atoms with Crippen LogP contribution in [-0.4, -0.2) is 19.5 Å². The van der Waals surface area contributed by atoms with Crippen molar-refractivity contribution in [2.75, 3.05) is 0 Å². The Morgan fingerprint density at radius 2 is 0.982 bits per heavy atom. The predicted octanol–water partition coefficient (Wildman–Crippen LogP) is 13.2. The van der Waals surface area contributed by atoms with Crippen LogP contribution in [0.4, 0.5) is 0 Å². The van der Waals surface area contributed by atoms with Gasteiger partial charge in [0.15, 0.2) is 11.4 Å². The monoisotopic (exact) mass is 716 g/mol. The van der Waals surface area contributed by atoms with Gasteiger partial charge >= 0.3 is 0 Å². The van der Waals surface area contributed by atoms with Crippen molar-refractivity contribution in [1.82, 2.24) is 19.5 Å². The Morgan fingerprint density at radius 1 is 0.375 bits per heavy atom. The van der Waals surface area contributed by atoms with E-state index in [1.807, 2.05) is 36.4 Å². The van der Waals surface area contributed by atoms with E-state index in [-0.39, 0.29) is 0 Å². The lowest BCUT2D eigenvalue weighted by Gasteiger charge is -2.14. The molecule has 11 aromatic rings. The van der Waals surface area contributed by atoms with Crippen molar-refractivity contribution in [2.45, 2.75) is 0 Å². The van der Waals surface area contributed by atoms with Gasteiger partial charge < -0.3 is 8.98 Å². The Hall–Kier alpha value is -7.63. The third kappa shape index (κ3) is 5.37. The van der Waals surface area contributed by atoms with Crippen LogP contribution in [0, 0.1) is 0 Å². The molecule has 0 saturated carbocycles. The lowest BCUT2D eigenvalue weighted by molar-refractivity contribution is 0.620. The molecule has 56 heavy (non-hydrogen) atoms. The maximum atomic E-state index is 6.20. The lowest BCUT2D eigenvalue weighted by atomic mass is 9.94. The van der Waals surface area contributed by atoms with Gasteiger partial charge in [-0.1, -0.05) is 133 Å². The Bertz CT molecular complexity index is 3150. The minimum absolute atomic E-state index is 0.617. The summed E-state index contributed by atoms with van der Waals surface area (Å²) in [5, 5.41) is 4.53. The van der Waals surface area contributed by atoms with Gasteiger partial charge in [0.05, 0.1) is 22.4 Å². The third-order valence-corrected chi connectivity index (χ3v) is 10.7. The van der Waals surface area contributed by atoms with Crippen LogP contribution in [0.3, 0.4) is 0 Å². The quantitative estimate of drug-likeness (QED) is 0.172. The highest BCUT2D eigenvalue weighted by Crippen LogP contribution is 2.40. The standard InChI is InChI=1S/C51H32N4O/c1-4-14-33(15-5-1)45-32-46(34-16-6-2-7-17-34)53-50(52-45)42-28-27-38(39-20-10-11-21-40(39)42)35-24-26-41-43-30-36(51-54-44-22-12-13-23-49(44)56-51)25-29-47(43)55(48(41)31-35)37-18-8-3-9-19-37/h1-32H. The topological polar surface area (TPSA) is 56.7 Å². The lowest BCUT2D eigenvalue weighted by Crippen LogP contribution is -1.97. The van der Waals surface area contributed by atoms with Crippen molar-refractivity contribution in [3.63, 3.8) is 0 Å². The maximum Gasteiger partial charge on any atom is 0.227 e. The highest BCUT2D eigenvalue weighted by Gasteiger charge is 2.19. The Kier molecular flexibility index (Phi) is 7.42. The average molecular weight is 717 g/mol. The molecule has 8 aromatic carbocycles. The molecule has 5 heteroatoms. The summed E-state index contributed by atoms with van der Waals surface area (Å²) in [4.78, 5) is 15.2.